The number of hydrogen-bond acceptors (Lipinski definition) is 3. The van der Waals surface area contributed by atoms with Gasteiger partial charge in [-0.3, -0.25) is 9.59 Å². The number of benzene rings is 1. The van der Waals surface area contributed by atoms with Crippen LogP contribution in [-0.2, 0) is 0 Å². The zero-order valence-corrected chi connectivity index (χ0v) is 10.4. The van der Waals surface area contributed by atoms with Crippen LogP contribution in [0.15, 0.2) is 24.3 Å². The van der Waals surface area contributed by atoms with Crippen LogP contribution in [0, 0.1) is 0 Å². The number of nitrogens with zero attached hydrogens (tertiary/aromatic N) is 1. The number of amides is 2. The molecule has 4 nitrogen and oxygen atoms in total. The zero-order chi connectivity index (χ0) is 13.1. The first kappa shape index (κ1) is 12.8. The molecule has 0 bridgehead atoms. The van der Waals surface area contributed by atoms with Crippen molar-refractivity contribution in [3.63, 3.8) is 0 Å². The van der Waals surface area contributed by atoms with Gasteiger partial charge in [-0.2, -0.15) is 0 Å². The second kappa shape index (κ2) is 5.31. The lowest BCUT2D eigenvalue weighted by Crippen LogP contribution is -2.39. The van der Waals surface area contributed by atoms with Crippen molar-refractivity contribution in [1.82, 2.24) is 4.90 Å². The van der Waals surface area contributed by atoms with Crippen LogP contribution in [-0.4, -0.2) is 28.0 Å². The molecule has 1 aliphatic rings. The van der Waals surface area contributed by atoms with Crippen molar-refractivity contribution >= 4 is 11.8 Å². The van der Waals surface area contributed by atoms with E-state index in [1.54, 1.807) is 24.3 Å². The van der Waals surface area contributed by atoms with E-state index in [0.29, 0.717) is 17.5 Å². The summed E-state index contributed by atoms with van der Waals surface area (Å²) in [6, 6.07) is 6.68. The number of aliphatic hydroxyl groups is 1. The van der Waals surface area contributed by atoms with Crippen LogP contribution in [0.4, 0.5) is 0 Å². The third-order valence-corrected chi connectivity index (χ3v) is 3.19. The quantitative estimate of drug-likeness (QED) is 0.641. The summed E-state index contributed by atoms with van der Waals surface area (Å²) in [6.45, 7) is 2.06. The zero-order valence-electron chi connectivity index (χ0n) is 10.4. The summed E-state index contributed by atoms with van der Waals surface area (Å²) in [6.07, 6.45) is 2.27. The molecule has 1 unspecified atom stereocenters. The van der Waals surface area contributed by atoms with Gasteiger partial charge in [0.25, 0.3) is 11.8 Å². The van der Waals surface area contributed by atoms with Gasteiger partial charge in [0, 0.05) is 0 Å². The molecule has 18 heavy (non-hydrogen) atoms. The van der Waals surface area contributed by atoms with Gasteiger partial charge in [0.15, 0.2) is 0 Å². The highest BCUT2D eigenvalue weighted by Gasteiger charge is 2.38. The molecule has 4 heteroatoms. The summed E-state index contributed by atoms with van der Waals surface area (Å²) in [7, 11) is 0. The first-order valence-electron chi connectivity index (χ1n) is 6.31. The monoisotopic (exact) mass is 247 g/mol. The summed E-state index contributed by atoms with van der Waals surface area (Å²) in [4.78, 5) is 25.0. The first-order chi connectivity index (χ1) is 8.66. The molecule has 0 aromatic heterocycles. The second-order valence-electron chi connectivity index (χ2n) is 4.50. The fraction of sp³-hybridized carbons (Fsp3) is 0.429. The minimum absolute atomic E-state index is 0.386. The second-order valence-corrected chi connectivity index (χ2v) is 4.50. The van der Waals surface area contributed by atoms with Gasteiger partial charge >= 0.3 is 0 Å². The maximum Gasteiger partial charge on any atom is 0.263 e. The van der Waals surface area contributed by atoms with E-state index in [2.05, 4.69) is 6.92 Å². The number of hydrogen-bond donors (Lipinski definition) is 1. The van der Waals surface area contributed by atoms with Crippen molar-refractivity contribution in [3.8, 4) is 0 Å². The molecule has 1 N–H and O–H groups in total. The Kier molecular flexibility index (Phi) is 3.77. The topological polar surface area (TPSA) is 57.6 Å². The van der Waals surface area contributed by atoms with E-state index in [9.17, 15) is 14.7 Å². The van der Waals surface area contributed by atoms with Crippen molar-refractivity contribution in [1.29, 1.82) is 0 Å². The molecule has 1 aromatic carbocycles. The molecule has 1 aliphatic heterocycles. The highest BCUT2D eigenvalue weighted by Crippen LogP contribution is 2.25. The minimum Gasteiger partial charge on any atom is -0.373 e. The minimum atomic E-state index is -1.01. The van der Waals surface area contributed by atoms with Gasteiger partial charge < -0.3 is 5.11 Å². The Morgan fingerprint density at radius 2 is 1.67 bits per heavy atom. The third-order valence-electron chi connectivity index (χ3n) is 3.19. The van der Waals surface area contributed by atoms with Crippen molar-refractivity contribution in [2.24, 2.45) is 0 Å². The van der Waals surface area contributed by atoms with E-state index in [-0.39, 0.29) is 11.8 Å². The van der Waals surface area contributed by atoms with Crippen LogP contribution in [0.3, 0.4) is 0 Å². The van der Waals surface area contributed by atoms with Gasteiger partial charge in [-0.05, 0) is 25.0 Å². The van der Waals surface area contributed by atoms with Crippen molar-refractivity contribution in [2.75, 3.05) is 0 Å². The number of imide groups is 1. The van der Waals surface area contributed by atoms with Gasteiger partial charge in [0.05, 0.1) is 11.1 Å². The molecule has 0 radical (unpaired) electrons. The molecule has 0 aliphatic carbocycles. The predicted molar refractivity (Wildman–Crippen MR) is 67.1 cm³/mol. The van der Waals surface area contributed by atoms with Crippen LogP contribution < -0.4 is 0 Å². The lowest BCUT2D eigenvalue weighted by Gasteiger charge is -2.20. The summed E-state index contributed by atoms with van der Waals surface area (Å²) >= 11 is 0. The molecule has 0 saturated carbocycles. The Morgan fingerprint density at radius 3 is 2.17 bits per heavy atom. The highest BCUT2D eigenvalue weighted by molar-refractivity contribution is 6.21. The molecule has 1 aromatic rings. The Balaban J connectivity index is 2.13. The molecule has 0 saturated heterocycles. The van der Waals surface area contributed by atoms with Crippen molar-refractivity contribution in [3.05, 3.63) is 35.4 Å². The highest BCUT2D eigenvalue weighted by atomic mass is 16.3. The Morgan fingerprint density at radius 1 is 1.11 bits per heavy atom. The number of carbonyl (C=O) groups is 2. The molecule has 1 atom stereocenters. The molecular formula is C14H17NO3. The van der Waals surface area contributed by atoms with Gasteiger partial charge in [-0.15, -0.1) is 0 Å². The molecule has 96 valence electrons. The average Bonchev–Trinajstić information content (AvgIpc) is 2.63. The lowest BCUT2D eigenvalue weighted by molar-refractivity contribution is 0.00968. The van der Waals surface area contributed by atoms with Gasteiger partial charge in [0.2, 0.25) is 0 Å². The largest absolute Gasteiger partial charge is 0.373 e. The summed E-state index contributed by atoms with van der Waals surface area (Å²) < 4.78 is 0. The summed E-state index contributed by atoms with van der Waals surface area (Å²) in [5.41, 5.74) is 0.772. The van der Waals surface area contributed by atoms with Crippen LogP contribution >= 0.6 is 0 Å². The first-order valence-corrected chi connectivity index (χ1v) is 6.31. The number of unbranched alkanes of at least 4 members (excludes halogenated alkanes) is 2. The number of fused-ring (bicyclic) bond motifs is 1. The van der Waals surface area contributed by atoms with Crippen LogP contribution in [0.25, 0.3) is 0 Å². The Labute approximate surface area is 106 Å². The SMILES string of the molecule is CCCCCC(O)N1C(=O)c2ccccc2C1=O. The lowest BCUT2D eigenvalue weighted by atomic mass is 10.1. The molecule has 2 rings (SSSR count). The standard InChI is InChI=1S/C14H17NO3/c1-2-3-4-9-12(16)15-13(17)10-7-5-6-8-11(10)14(15)18/h5-8,12,16H,2-4,9H2,1H3. The van der Waals surface area contributed by atoms with Crippen molar-refractivity contribution < 1.29 is 14.7 Å². The maximum absolute atomic E-state index is 12.0. The smallest absolute Gasteiger partial charge is 0.263 e. The van der Waals surface area contributed by atoms with Gasteiger partial charge in [-0.1, -0.05) is 31.9 Å². The van der Waals surface area contributed by atoms with Crippen LogP contribution in [0.2, 0.25) is 0 Å². The summed E-state index contributed by atoms with van der Waals surface area (Å²) in [5, 5.41) is 9.97. The van der Waals surface area contributed by atoms with E-state index in [4.69, 9.17) is 0 Å². The molecule has 0 spiro atoms. The van der Waals surface area contributed by atoms with Gasteiger partial charge in [-0.25, -0.2) is 4.90 Å². The molecule has 2 amide bonds. The predicted octanol–water partition coefficient (Wildman–Crippen LogP) is 2.18. The van der Waals surface area contributed by atoms with E-state index >= 15 is 0 Å². The van der Waals surface area contributed by atoms with Crippen LogP contribution in [0.5, 0.6) is 0 Å². The van der Waals surface area contributed by atoms with Crippen molar-refractivity contribution in [2.45, 2.75) is 38.8 Å². The molecule has 1 heterocycles. The van der Waals surface area contributed by atoms with E-state index in [0.717, 1.165) is 24.2 Å². The molecule has 0 fully saturated rings. The van der Waals surface area contributed by atoms with E-state index in [1.807, 2.05) is 0 Å². The summed E-state index contributed by atoms with van der Waals surface area (Å²) in [5.74, 6) is -0.779. The number of carbonyl (C=O) groups excluding carboxylic acids is 2. The maximum atomic E-state index is 12.0. The normalized spacial score (nSPS) is 16.0. The number of aliphatic hydroxyl groups excluding tert-OH is 1. The fourth-order valence-electron chi connectivity index (χ4n) is 2.18. The van der Waals surface area contributed by atoms with Gasteiger partial charge in [0.1, 0.15) is 6.23 Å². The Hall–Kier alpha value is -1.68. The van der Waals surface area contributed by atoms with Crippen LogP contribution in [0.1, 0.15) is 53.3 Å². The molecular weight excluding hydrogens is 230 g/mol. The average molecular weight is 247 g/mol. The fourth-order valence-corrected chi connectivity index (χ4v) is 2.18. The third kappa shape index (κ3) is 2.16. The van der Waals surface area contributed by atoms with E-state index < -0.39 is 6.23 Å². The van der Waals surface area contributed by atoms with E-state index in [1.165, 1.54) is 0 Å². The number of rotatable bonds is 5. The Bertz CT molecular complexity index is 435.